The van der Waals surface area contributed by atoms with Gasteiger partial charge >= 0.3 is 5.69 Å². The summed E-state index contributed by atoms with van der Waals surface area (Å²) in [6.45, 7) is -0.502. The summed E-state index contributed by atoms with van der Waals surface area (Å²) in [5.41, 5.74) is 1.16. The van der Waals surface area contributed by atoms with E-state index in [-0.39, 0.29) is 47.8 Å². The lowest BCUT2D eigenvalue weighted by Crippen LogP contribution is -2.41. The third-order valence-electron chi connectivity index (χ3n) is 6.53. The SMILES string of the molecule is Cn1cnc(Cn2c(=O)c3ncc(-c4cc5c(cc4Cl)NC(=O)C5)cc3n(Cc3cc(F)c(F)c(Cl)c3)c2=O)n1. The lowest BCUT2D eigenvalue weighted by molar-refractivity contribution is -0.115. The molecule has 2 aromatic carbocycles. The number of hydrogen-bond donors (Lipinski definition) is 1. The highest BCUT2D eigenvalue weighted by Crippen LogP contribution is 2.36. The molecule has 0 unspecified atom stereocenters. The summed E-state index contributed by atoms with van der Waals surface area (Å²) >= 11 is 12.4. The first kappa shape index (κ1) is 25.8. The molecule has 202 valence electrons. The van der Waals surface area contributed by atoms with Crippen LogP contribution in [0.2, 0.25) is 10.0 Å². The van der Waals surface area contributed by atoms with Gasteiger partial charge in [-0.15, -0.1) is 0 Å². The second-order valence-electron chi connectivity index (χ2n) is 9.27. The van der Waals surface area contributed by atoms with Crippen LogP contribution in [0.3, 0.4) is 0 Å². The molecule has 0 saturated carbocycles. The number of aromatic nitrogens is 6. The van der Waals surface area contributed by atoms with Crippen molar-refractivity contribution in [3.05, 3.63) is 102 Å². The summed E-state index contributed by atoms with van der Waals surface area (Å²) in [7, 11) is 1.64. The van der Waals surface area contributed by atoms with Gasteiger partial charge in [0.15, 0.2) is 23.0 Å². The number of pyridine rings is 1. The summed E-state index contributed by atoms with van der Waals surface area (Å²) in [5, 5.41) is 6.73. The third-order valence-corrected chi connectivity index (χ3v) is 7.12. The first-order valence-corrected chi connectivity index (χ1v) is 12.6. The number of anilines is 1. The van der Waals surface area contributed by atoms with Crippen LogP contribution >= 0.6 is 23.2 Å². The molecule has 0 fully saturated rings. The topological polar surface area (TPSA) is 117 Å². The van der Waals surface area contributed by atoms with E-state index in [1.54, 1.807) is 25.2 Å². The second-order valence-corrected chi connectivity index (χ2v) is 10.1. The van der Waals surface area contributed by atoms with E-state index in [9.17, 15) is 23.2 Å². The standard InChI is InChI=1S/C26H17Cl2F2N7O3/c1-35-11-32-21(34-35)10-37-25(39)24-20(36(26(37)40)9-12-2-17(28)23(30)18(29)3-12)5-14(8-31-24)15-4-13-6-22(38)33-19(13)7-16(15)27/h2-5,7-8,11H,6,9-10H2,1H3,(H,33,38). The molecule has 14 heteroatoms. The molecule has 0 radical (unpaired) electrons. The van der Waals surface area contributed by atoms with E-state index >= 15 is 0 Å². The molecule has 4 heterocycles. The van der Waals surface area contributed by atoms with Crippen molar-refractivity contribution in [2.75, 3.05) is 5.32 Å². The van der Waals surface area contributed by atoms with Gasteiger partial charge in [0.1, 0.15) is 6.33 Å². The van der Waals surface area contributed by atoms with Crippen LogP contribution in [0.1, 0.15) is 17.0 Å². The zero-order chi connectivity index (χ0) is 28.3. The Morgan fingerprint density at radius 2 is 1.77 bits per heavy atom. The van der Waals surface area contributed by atoms with Gasteiger partial charge in [-0.25, -0.2) is 23.5 Å². The summed E-state index contributed by atoms with van der Waals surface area (Å²) in [6, 6.07) is 7.05. The van der Waals surface area contributed by atoms with Crippen LogP contribution in [-0.4, -0.2) is 34.8 Å². The zero-order valence-electron chi connectivity index (χ0n) is 20.6. The fourth-order valence-corrected chi connectivity index (χ4v) is 5.18. The largest absolute Gasteiger partial charge is 0.332 e. The smallest absolute Gasteiger partial charge is 0.325 e. The third kappa shape index (κ3) is 4.44. The van der Waals surface area contributed by atoms with Crippen LogP contribution in [0.4, 0.5) is 14.5 Å². The Bertz CT molecular complexity index is 1980. The van der Waals surface area contributed by atoms with E-state index in [0.717, 1.165) is 16.2 Å². The molecular formula is C26H17Cl2F2N7O3. The fourth-order valence-electron chi connectivity index (χ4n) is 4.68. The van der Waals surface area contributed by atoms with Crippen molar-refractivity contribution >= 4 is 45.8 Å². The highest BCUT2D eigenvalue weighted by atomic mass is 35.5. The van der Waals surface area contributed by atoms with E-state index in [0.29, 0.717) is 21.8 Å². The number of amides is 1. The van der Waals surface area contributed by atoms with Crippen LogP contribution in [0.15, 0.2) is 52.4 Å². The minimum Gasteiger partial charge on any atom is -0.325 e. The summed E-state index contributed by atoms with van der Waals surface area (Å²) in [5.74, 6) is -2.34. The summed E-state index contributed by atoms with van der Waals surface area (Å²) < 4.78 is 31.6. The molecule has 6 rings (SSSR count). The van der Waals surface area contributed by atoms with Crippen molar-refractivity contribution < 1.29 is 13.6 Å². The first-order valence-electron chi connectivity index (χ1n) is 11.8. The Hall–Kier alpha value is -4.42. The molecule has 0 saturated heterocycles. The van der Waals surface area contributed by atoms with Gasteiger partial charge in [-0.1, -0.05) is 23.2 Å². The lowest BCUT2D eigenvalue weighted by atomic mass is 10.0. The molecule has 1 N–H and O–H groups in total. The number of benzene rings is 2. The van der Waals surface area contributed by atoms with E-state index in [4.69, 9.17) is 23.2 Å². The second kappa shape index (κ2) is 9.65. The molecule has 0 spiro atoms. The van der Waals surface area contributed by atoms with Gasteiger partial charge in [-0.3, -0.25) is 23.4 Å². The lowest BCUT2D eigenvalue weighted by Gasteiger charge is -2.15. The van der Waals surface area contributed by atoms with Crippen molar-refractivity contribution in [1.29, 1.82) is 0 Å². The number of nitrogens with zero attached hydrogens (tertiary/aromatic N) is 6. The van der Waals surface area contributed by atoms with Crippen LogP contribution in [0.5, 0.6) is 0 Å². The average Bonchev–Trinajstić information content (AvgIpc) is 3.49. The number of aryl methyl sites for hydroxylation is 1. The minimum absolute atomic E-state index is 0.0536. The number of nitrogens with one attached hydrogen (secondary N) is 1. The van der Waals surface area contributed by atoms with Gasteiger partial charge in [-0.2, -0.15) is 5.10 Å². The summed E-state index contributed by atoms with van der Waals surface area (Å²) in [6.07, 6.45) is 3.04. The maximum absolute atomic E-state index is 14.2. The van der Waals surface area contributed by atoms with Crippen molar-refractivity contribution in [3.63, 3.8) is 0 Å². The molecule has 0 aliphatic carbocycles. The van der Waals surface area contributed by atoms with Crippen LogP contribution in [0.25, 0.3) is 22.2 Å². The first-order chi connectivity index (χ1) is 19.1. The van der Waals surface area contributed by atoms with Gasteiger partial charge in [-0.05, 0) is 41.5 Å². The Balaban J connectivity index is 1.57. The average molecular weight is 584 g/mol. The molecule has 40 heavy (non-hydrogen) atoms. The predicted octanol–water partition coefficient (Wildman–Crippen LogP) is 3.53. The maximum atomic E-state index is 14.2. The Morgan fingerprint density at radius 3 is 2.50 bits per heavy atom. The van der Waals surface area contributed by atoms with E-state index in [2.05, 4.69) is 20.4 Å². The maximum Gasteiger partial charge on any atom is 0.332 e. The van der Waals surface area contributed by atoms with Crippen LogP contribution in [0, 0.1) is 11.6 Å². The monoisotopic (exact) mass is 583 g/mol. The van der Waals surface area contributed by atoms with Crippen molar-refractivity contribution in [1.82, 2.24) is 28.9 Å². The molecule has 1 amide bonds. The highest BCUT2D eigenvalue weighted by molar-refractivity contribution is 6.34. The van der Waals surface area contributed by atoms with E-state index in [1.807, 2.05) is 0 Å². The van der Waals surface area contributed by atoms with Gasteiger partial charge in [0.25, 0.3) is 5.56 Å². The molecular weight excluding hydrogens is 567 g/mol. The molecule has 3 aromatic heterocycles. The van der Waals surface area contributed by atoms with Gasteiger partial charge < -0.3 is 5.32 Å². The Labute approximate surface area is 233 Å². The molecule has 0 bridgehead atoms. The van der Waals surface area contributed by atoms with Crippen molar-refractivity contribution in [2.24, 2.45) is 7.05 Å². The number of hydrogen-bond acceptors (Lipinski definition) is 6. The normalized spacial score (nSPS) is 12.7. The Kier molecular flexibility index (Phi) is 6.23. The van der Waals surface area contributed by atoms with Crippen molar-refractivity contribution in [2.45, 2.75) is 19.5 Å². The molecule has 10 nitrogen and oxygen atoms in total. The predicted molar refractivity (Wildman–Crippen MR) is 144 cm³/mol. The number of fused-ring (bicyclic) bond motifs is 2. The van der Waals surface area contributed by atoms with Gasteiger partial charge in [0, 0.05) is 30.1 Å². The van der Waals surface area contributed by atoms with Gasteiger partial charge in [0.05, 0.1) is 35.1 Å². The van der Waals surface area contributed by atoms with Gasteiger partial charge in [0.2, 0.25) is 5.91 Å². The molecule has 5 aromatic rings. The number of halogens is 4. The zero-order valence-corrected chi connectivity index (χ0v) is 22.1. The molecule has 1 aliphatic heterocycles. The van der Waals surface area contributed by atoms with Crippen molar-refractivity contribution in [3.8, 4) is 11.1 Å². The number of carbonyl (C=O) groups is 1. The number of rotatable bonds is 5. The van der Waals surface area contributed by atoms with E-state index in [1.165, 1.54) is 27.8 Å². The highest BCUT2D eigenvalue weighted by Gasteiger charge is 2.22. The molecule has 1 aliphatic rings. The quantitative estimate of drug-likeness (QED) is 0.316. The Morgan fingerprint density at radius 1 is 0.975 bits per heavy atom. The molecule has 0 atom stereocenters. The fraction of sp³-hybridized carbons (Fsp3) is 0.154. The minimum atomic E-state index is -1.21. The number of carbonyl (C=O) groups excluding carboxylic acids is 1. The van der Waals surface area contributed by atoms with Crippen LogP contribution in [-0.2, 0) is 31.4 Å². The van der Waals surface area contributed by atoms with E-state index < -0.39 is 27.9 Å². The van der Waals surface area contributed by atoms with Crippen LogP contribution < -0.4 is 16.6 Å². The summed E-state index contributed by atoms with van der Waals surface area (Å²) in [4.78, 5) is 47.5.